The minimum Gasteiger partial charge on any atom is -0.395 e. The molecule has 0 bridgehead atoms. The average molecular weight is 404 g/mol. The van der Waals surface area contributed by atoms with Crippen molar-refractivity contribution in [1.82, 2.24) is 14.8 Å². The third-order valence-electron chi connectivity index (χ3n) is 6.49. The first kappa shape index (κ1) is 21.1. The predicted octanol–water partition coefficient (Wildman–Crippen LogP) is 3.66. The Morgan fingerprint density at radius 3 is 2.70 bits per heavy atom. The summed E-state index contributed by atoms with van der Waals surface area (Å²) in [5, 5.41) is 10.1. The third-order valence-corrected chi connectivity index (χ3v) is 6.49. The zero-order valence-electron chi connectivity index (χ0n) is 18.0. The molecule has 0 unspecified atom stereocenters. The van der Waals surface area contributed by atoms with Crippen molar-refractivity contribution < 1.29 is 5.11 Å². The van der Waals surface area contributed by atoms with Gasteiger partial charge in [0.2, 0.25) is 0 Å². The lowest BCUT2D eigenvalue weighted by Gasteiger charge is -2.57. The highest BCUT2D eigenvalue weighted by Crippen LogP contribution is 2.42. The molecule has 0 saturated carbocycles. The van der Waals surface area contributed by atoms with Gasteiger partial charge in [-0.05, 0) is 61.7 Å². The first-order valence-corrected chi connectivity index (χ1v) is 11.4. The van der Waals surface area contributed by atoms with Crippen LogP contribution in [0.1, 0.15) is 55.2 Å². The molecule has 30 heavy (non-hydrogen) atoms. The SMILES string of the molecule is CCCC#Cc1ccc([C@@H]2[C@@H](CO)N3CCCCN(Cc4cccnc4)C[C@@H]23)cc1. The van der Waals surface area contributed by atoms with Crippen LogP contribution in [0.3, 0.4) is 0 Å². The van der Waals surface area contributed by atoms with Crippen LogP contribution in [-0.2, 0) is 6.54 Å². The van der Waals surface area contributed by atoms with E-state index in [-0.39, 0.29) is 12.6 Å². The van der Waals surface area contributed by atoms with E-state index in [1.807, 2.05) is 18.5 Å². The minimum absolute atomic E-state index is 0.224. The van der Waals surface area contributed by atoms with Crippen LogP contribution in [0.25, 0.3) is 0 Å². The minimum atomic E-state index is 0.224. The molecule has 3 atom stereocenters. The lowest BCUT2D eigenvalue weighted by atomic mass is 9.74. The molecule has 0 radical (unpaired) electrons. The Morgan fingerprint density at radius 1 is 1.13 bits per heavy atom. The van der Waals surface area contributed by atoms with E-state index in [0.29, 0.717) is 12.0 Å². The van der Waals surface area contributed by atoms with Crippen LogP contribution >= 0.6 is 0 Å². The van der Waals surface area contributed by atoms with Crippen LogP contribution in [0.15, 0.2) is 48.8 Å². The van der Waals surface area contributed by atoms with Crippen LogP contribution in [-0.4, -0.2) is 58.2 Å². The van der Waals surface area contributed by atoms with Gasteiger partial charge in [-0.25, -0.2) is 0 Å². The lowest BCUT2D eigenvalue weighted by Crippen LogP contribution is -2.67. The van der Waals surface area contributed by atoms with Gasteiger partial charge >= 0.3 is 0 Å². The number of hydrogen-bond donors (Lipinski definition) is 1. The van der Waals surface area contributed by atoms with Gasteiger partial charge in [0, 0.05) is 55.5 Å². The highest BCUT2D eigenvalue weighted by Gasteiger charge is 2.48. The summed E-state index contributed by atoms with van der Waals surface area (Å²) in [6, 6.07) is 13.6. The Morgan fingerprint density at radius 2 is 1.97 bits per heavy atom. The molecule has 3 heterocycles. The Labute approximate surface area is 180 Å². The Balaban J connectivity index is 1.50. The zero-order chi connectivity index (χ0) is 20.8. The fraction of sp³-hybridized carbons (Fsp3) is 0.500. The molecular formula is C26H33N3O. The highest BCUT2D eigenvalue weighted by molar-refractivity contribution is 5.39. The topological polar surface area (TPSA) is 39.6 Å². The van der Waals surface area contributed by atoms with Gasteiger partial charge in [-0.15, -0.1) is 0 Å². The maximum Gasteiger partial charge on any atom is 0.0593 e. The van der Waals surface area contributed by atoms with Crippen molar-refractivity contribution in [1.29, 1.82) is 0 Å². The summed E-state index contributed by atoms with van der Waals surface area (Å²) in [5.74, 6) is 6.86. The van der Waals surface area contributed by atoms with Gasteiger partial charge in [-0.1, -0.05) is 37.0 Å². The largest absolute Gasteiger partial charge is 0.395 e. The summed E-state index contributed by atoms with van der Waals surface area (Å²) < 4.78 is 0. The van der Waals surface area contributed by atoms with Crippen LogP contribution < -0.4 is 0 Å². The molecular weight excluding hydrogens is 370 g/mol. The second-order valence-electron chi connectivity index (χ2n) is 8.56. The van der Waals surface area contributed by atoms with E-state index >= 15 is 0 Å². The molecule has 2 fully saturated rings. The quantitative estimate of drug-likeness (QED) is 0.774. The first-order valence-electron chi connectivity index (χ1n) is 11.4. The number of pyridine rings is 1. The van der Waals surface area contributed by atoms with Crippen LogP contribution in [0.5, 0.6) is 0 Å². The van der Waals surface area contributed by atoms with E-state index in [2.05, 4.69) is 63.9 Å². The number of fused-ring (bicyclic) bond motifs is 1. The van der Waals surface area contributed by atoms with Crippen molar-refractivity contribution in [3.8, 4) is 11.8 Å². The number of benzene rings is 1. The van der Waals surface area contributed by atoms with Crippen molar-refractivity contribution in [2.75, 3.05) is 26.2 Å². The summed E-state index contributed by atoms with van der Waals surface area (Å²) in [4.78, 5) is 9.39. The van der Waals surface area contributed by atoms with E-state index in [0.717, 1.165) is 44.6 Å². The van der Waals surface area contributed by atoms with Crippen molar-refractivity contribution in [2.24, 2.45) is 0 Å². The van der Waals surface area contributed by atoms with Crippen molar-refractivity contribution in [2.45, 2.75) is 57.2 Å². The normalized spacial score (nSPS) is 24.7. The van der Waals surface area contributed by atoms with Gasteiger partial charge < -0.3 is 5.11 Å². The molecule has 0 amide bonds. The van der Waals surface area contributed by atoms with Crippen molar-refractivity contribution in [3.05, 3.63) is 65.5 Å². The Bertz CT molecular complexity index is 855. The van der Waals surface area contributed by atoms with Crippen LogP contribution in [0.4, 0.5) is 0 Å². The summed E-state index contributed by atoms with van der Waals surface area (Å²) in [5.41, 5.74) is 3.69. The third kappa shape index (κ3) is 4.75. The molecule has 4 heteroatoms. The molecule has 2 aromatic rings. The number of hydrogen-bond acceptors (Lipinski definition) is 4. The Hall–Kier alpha value is -2.19. The molecule has 1 N–H and O–H groups in total. The van der Waals surface area contributed by atoms with Crippen LogP contribution in [0, 0.1) is 11.8 Å². The van der Waals surface area contributed by atoms with Crippen molar-refractivity contribution >= 4 is 0 Å². The van der Waals surface area contributed by atoms with Gasteiger partial charge in [-0.3, -0.25) is 14.8 Å². The lowest BCUT2D eigenvalue weighted by molar-refractivity contribution is -0.0655. The van der Waals surface area contributed by atoms with E-state index in [4.69, 9.17) is 0 Å². The first-order chi connectivity index (χ1) is 14.8. The Kier molecular flexibility index (Phi) is 7.17. The summed E-state index contributed by atoms with van der Waals surface area (Å²) in [7, 11) is 0. The second-order valence-corrected chi connectivity index (χ2v) is 8.56. The molecule has 0 spiro atoms. The fourth-order valence-electron chi connectivity index (χ4n) is 4.98. The van der Waals surface area contributed by atoms with E-state index in [1.165, 1.54) is 24.0 Å². The second kappa shape index (κ2) is 10.2. The maximum atomic E-state index is 10.1. The number of nitrogens with zero attached hydrogens (tertiary/aromatic N) is 3. The maximum absolute atomic E-state index is 10.1. The van der Waals surface area contributed by atoms with Crippen LogP contribution in [0.2, 0.25) is 0 Å². The smallest absolute Gasteiger partial charge is 0.0593 e. The summed E-state index contributed by atoms with van der Waals surface area (Å²) in [6.45, 7) is 6.58. The van der Waals surface area contributed by atoms with Crippen molar-refractivity contribution in [3.63, 3.8) is 0 Å². The van der Waals surface area contributed by atoms with Gasteiger partial charge in [0.1, 0.15) is 0 Å². The molecule has 4 rings (SSSR count). The number of aliphatic hydroxyl groups is 1. The predicted molar refractivity (Wildman–Crippen MR) is 121 cm³/mol. The van der Waals surface area contributed by atoms with Gasteiger partial charge in [0.25, 0.3) is 0 Å². The average Bonchev–Trinajstić information content (AvgIpc) is 2.76. The molecule has 2 saturated heterocycles. The molecule has 1 aromatic heterocycles. The number of rotatable bonds is 5. The highest BCUT2D eigenvalue weighted by atomic mass is 16.3. The van der Waals surface area contributed by atoms with Gasteiger partial charge in [0.05, 0.1) is 6.61 Å². The monoisotopic (exact) mass is 403 g/mol. The molecule has 0 aliphatic carbocycles. The van der Waals surface area contributed by atoms with E-state index < -0.39 is 0 Å². The molecule has 4 nitrogen and oxygen atoms in total. The number of aromatic nitrogens is 1. The summed E-state index contributed by atoms with van der Waals surface area (Å²) >= 11 is 0. The molecule has 1 aromatic carbocycles. The fourth-order valence-corrected chi connectivity index (χ4v) is 4.98. The number of aliphatic hydroxyl groups excluding tert-OH is 1. The molecule has 2 aliphatic heterocycles. The van der Waals surface area contributed by atoms with Gasteiger partial charge in [0.15, 0.2) is 0 Å². The van der Waals surface area contributed by atoms with Gasteiger partial charge in [-0.2, -0.15) is 0 Å². The van der Waals surface area contributed by atoms with E-state index in [9.17, 15) is 5.11 Å². The zero-order valence-corrected chi connectivity index (χ0v) is 18.0. The number of unbranched alkanes of at least 4 members (excludes halogenated alkanes) is 1. The molecule has 2 aliphatic rings. The van der Waals surface area contributed by atoms with E-state index in [1.54, 1.807) is 0 Å². The standard InChI is InChI=1S/C26H33N3O/c1-2-3-4-8-21-10-12-23(13-11-21)26-24-19-28(18-22-9-7-14-27-17-22)15-5-6-16-29(24)25(26)20-30/h7,9-14,17,24-26,30H,2-3,5-6,15-16,18-20H2,1H3/t24-,25+,26-/m0/s1. The molecule has 158 valence electrons. The summed E-state index contributed by atoms with van der Waals surface area (Å²) in [6.07, 6.45) is 8.25.